The molecule has 1 aromatic heterocycles. The van der Waals surface area contributed by atoms with Gasteiger partial charge in [0, 0.05) is 24.2 Å². The zero-order valence-corrected chi connectivity index (χ0v) is 13.0. The second kappa shape index (κ2) is 6.22. The van der Waals surface area contributed by atoms with Gasteiger partial charge in [0.05, 0.1) is 11.7 Å². The molecule has 22 heavy (non-hydrogen) atoms. The zero-order chi connectivity index (χ0) is 15.5. The first kappa shape index (κ1) is 14.6. The van der Waals surface area contributed by atoms with Gasteiger partial charge in [-0.05, 0) is 31.9 Å². The Hall–Kier alpha value is -2.30. The molecule has 1 aliphatic rings. The number of anilines is 1. The number of likely N-dealkylation sites (tertiary alicyclic amines) is 1. The molecule has 2 aromatic rings. The van der Waals surface area contributed by atoms with Gasteiger partial charge < -0.3 is 14.7 Å². The zero-order valence-electron chi connectivity index (χ0n) is 13.0. The molecule has 0 radical (unpaired) electrons. The van der Waals surface area contributed by atoms with Gasteiger partial charge in [0.1, 0.15) is 5.76 Å². The Morgan fingerprint density at radius 3 is 2.91 bits per heavy atom. The van der Waals surface area contributed by atoms with Gasteiger partial charge in [-0.2, -0.15) is 0 Å². The molecule has 3 rings (SSSR count). The molecular formula is C17H21N3O2. The number of benzene rings is 1. The van der Waals surface area contributed by atoms with Gasteiger partial charge in [0.15, 0.2) is 0 Å². The number of urea groups is 1. The molecule has 1 fully saturated rings. The molecule has 1 atom stereocenters. The fourth-order valence-corrected chi connectivity index (χ4v) is 3.13. The number of hydrogen-bond acceptors (Lipinski definition) is 3. The van der Waals surface area contributed by atoms with Crippen LogP contribution >= 0.6 is 0 Å². The number of amides is 2. The van der Waals surface area contributed by atoms with Gasteiger partial charge in [-0.1, -0.05) is 30.3 Å². The van der Waals surface area contributed by atoms with Crippen molar-refractivity contribution in [1.82, 2.24) is 10.1 Å². The SMILES string of the molecule is CCc1onc(C)c1[C@H]1CCCN1C(=O)Nc1ccccc1. The average Bonchev–Trinajstić information content (AvgIpc) is 3.14. The van der Waals surface area contributed by atoms with Crippen LogP contribution in [0.5, 0.6) is 0 Å². The van der Waals surface area contributed by atoms with E-state index in [9.17, 15) is 4.79 Å². The Morgan fingerprint density at radius 2 is 2.18 bits per heavy atom. The van der Waals surface area contributed by atoms with Crippen LogP contribution in [0.4, 0.5) is 10.5 Å². The van der Waals surface area contributed by atoms with Crippen molar-refractivity contribution in [3.63, 3.8) is 0 Å². The summed E-state index contributed by atoms with van der Waals surface area (Å²) in [6.45, 7) is 4.76. The van der Waals surface area contributed by atoms with Crippen molar-refractivity contribution in [2.45, 2.75) is 39.2 Å². The highest BCUT2D eigenvalue weighted by molar-refractivity contribution is 5.89. The highest BCUT2D eigenvalue weighted by atomic mass is 16.5. The first-order chi connectivity index (χ1) is 10.7. The molecule has 2 amide bonds. The summed E-state index contributed by atoms with van der Waals surface area (Å²) in [5.41, 5.74) is 2.79. The summed E-state index contributed by atoms with van der Waals surface area (Å²) in [6, 6.07) is 9.55. The minimum atomic E-state index is -0.0589. The maximum Gasteiger partial charge on any atom is 0.322 e. The van der Waals surface area contributed by atoms with Gasteiger partial charge >= 0.3 is 6.03 Å². The normalized spacial score (nSPS) is 17.7. The first-order valence-corrected chi connectivity index (χ1v) is 7.78. The van der Waals surface area contributed by atoms with Crippen molar-refractivity contribution in [1.29, 1.82) is 0 Å². The van der Waals surface area contributed by atoms with Crippen LogP contribution in [0.25, 0.3) is 0 Å². The number of aromatic nitrogens is 1. The smallest absolute Gasteiger partial charge is 0.322 e. The van der Waals surface area contributed by atoms with E-state index in [0.29, 0.717) is 0 Å². The quantitative estimate of drug-likeness (QED) is 0.934. The molecule has 116 valence electrons. The van der Waals surface area contributed by atoms with E-state index in [1.165, 1.54) is 0 Å². The van der Waals surface area contributed by atoms with Gasteiger partial charge in [-0.3, -0.25) is 0 Å². The van der Waals surface area contributed by atoms with Crippen molar-refractivity contribution in [3.8, 4) is 0 Å². The maximum atomic E-state index is 12.6. The number of aryl methyl sites for hydroxylation is 2. The molecule has 0 saturated carbocycles. The van der Waals surface area contributed by atoms with Crippen molar-refractivity contribution in [3.05, 3.63) is 47.3 Å². The lowest BCUT2D eigenvalue weighted by molar-refractivity contribution is 0.206. The van der Waals surface area contributed by atoms with E-state index < -0.39 is 0 Å². The van der Waals surface area contributed by atoms with E-state index in [1.807, 2.05) is 49.1 Å². The van der Waals surface area contributed by atoms with E-state index in [-0.39, 0.29) is 12.1 Å². The third-order valence-electron chi connectivity index (χ3n) is 4.18. The summed E-state index contributed by atoms with van der Waals surface area (Å²) in [7, 11) is 0. The standard InChI is InChI=1S/C17H21N3O2/c1-3-15-16(12(2)19-22-15)14-10-7-11-20(14)17(21)18-13-8-5-4-6-9-13/h4-6,8-9,14H,3,7,10-11H2,1-2H3,(H,18,21)/t14-/m1/s1. The molecule has 5 heteroatoms. The summed E-state index contributed by atoms with van der Waals surface area (Å²) >= 11 is 0. The van der Waals surface area contributed by atoms with Gasteiger partial charge in [0.2, 0.25) is 0 Å². The van der Waals surface area contributed by atoms with Crippen LogP contribution in [-0.4, -0.2) is 22.6 Å². The molecule has 1 aromatic carbocycles. The lowest BCUT2D eigenvalue weighted by atomic mass is 10.0. The molecule has 0 aliphatic carbocycles. The molecular weight excluding hydrogens is 278 g/mol. The third kappa shape index (κ3) is 2.71. The number of carbonyl (C=O) groups is 1. The summed E-state index contributed by atoms with van der Waals surface area (Å²) in [5.74, 6) is 0.891. The summed E-state index contributed by atoms with van der Waals surface area (Å²) in [6.07, 6.45) is 2.75. The molecule has 5 nitrogen and oxygen atoms in total. The number of hydrogen-bond donors (Lipinski definition) is 1. The molecule has 0 spiro atoms. The highest BCUT2D eigenvalue weighted by Crippen LogP contribution is 2.36. The van der Waals surface area contributed by atoms with Crippen LogP contribution < -0.4 is 5.32 Å². The summed E-state index contributed by atoms with van der Waals surface area (Å²) < 4.78 is 5.39. The predicted molar refractivity (Wildman–Crippen MR) is 84.8 cm³/mol. The monoisotopic (exact) mass is 299 g/mol. The second-order valence-corrected chi connectivity index (χ2v) is 5.61. The Bertz CT molecular complexity index is 651. The van der Waals surface area contributed by atoms with Crippen molar-refractivity contribution < 1.29 is 9.32 Å². The number of rotatable bonds is 3. The van der Waals surface area contributed by atoms with Crippen molar-refractivity contribution in [2.24, 2.45) is 0 Å². The Kier molecular flexibility index (Phi) is 4.13. The van der Waals surface area contributed by atoms with E-state index >= 15 is 0 Å². The fourth-order valence-electron chi connectivity index (χ4n) is 3.13. The summed E-state index contributed by atoms with van der Waals surface area (Å²) in [5, 5.41) is 7.05. The average molecular weight is 299 g/mol. The van der Waals surface area contributed by atoms with Crippen LogP contribution in [-0.2, 0) is 6.42 Å². The largest absolute Gasteiger partial charge is 0.361 e. The van der Waals surface area contributed by atoms with E-state index in [1.54, 1.807) is 0 Å². The first-order valence-electron chi connectivity index (χ1n) is 7.78. The lowest BCUT2D eigenvalue weighted by Crippen LogP contribution is -2.34. The van der Waals surface area contributed by atoms with Crippen molar-refractivity contribution in [2.75, 3.05) is 11.9 Å². The maximum absolute atomic E-state index is 12.6. The van der Waals surface area contributed by atoms with Crippen LogP contribution in [0, 0.1) is 6.92 Å². The number of para-hydroxylation sites is 1. The van der Waals surface area contributed by atoms with E-state index in [0.717, 1.165) is 48.5 Å². The lowest BCUT2D eigenvalue weighted by Gasteiger charge is -2.25. The van der Waals surface area contributed by atoms with E-state index in [4.69, 9.17) is 4.52 Å². The fraction of sp³-hybridized carbons (Fsp3) is 0.412. The second-order valence-electron chi connectivity index (χ2n) is 5.61. The molecule has 0 unspecified atom stereocenters. The molecule has 1 N–H and O–H groups in total. The topological polar surface area (TPSA) is 58.4 Å². The Morgan fingerprint density at radius 1 is 1.41 bits per heavy atom. The van der Waals surface area contributed by atoms with Crippen molar-refractivity contribution >= 4 is 11.7 Å². The van der Waals surface area contributed by atoms with Crippen LogP contribution in [0.1, 0.15) is 42.8 Å². The molecule has 1 aliphatic heterocycles. The predicted octanol–water partition coefficient (Wildman–Crippen LogP) is 3.91. The van der Waals surface area contributed by atoms with Gasteiger partial charge in [0.25, 0.3) is 0 Å². The Labute approximate surface area is 130 Å². The minimum Gasteiger partial charge on any atom is -0.361 e. The van der Waals surface area contributed by atoms with Crippen LogP contribution in [0.15, 0.2) is 34.9 Å². The number of carbonyl (C=O) groups excluding carboxylic acids is 1. The Balaban J connectivity index is 1.81. The van der Waals surface area contributed by atoms with Crippen LogP contribution in [0.2, 0.25) is 0 Å². The minimum absolute atomic E-state index is 0.0589. The van der Waals surface area contributed by atoms with E-state index in [2.05, 4.69) is 10.5 Å². The molecule has 1 saturated heterocycles. The number of nitrogens with one attached hydrogen (secondary N) is 1. The van der Waals surface area contributed by atoms with Crippen LogP contribution in [0.3, 0.4) is 0 Å². The van der Waals surface area contributed by atoms with Gasteiger partial charge in [-0.15, -0.1) is 0 Å². The third-order valence-corrected chi connectivity index (χ3v) is 4.18. The number of nitrogens with zero attached hydrogens (tertiary/aromatic N) is 2. The van der Waals surface area contributed by atoms with Gasteiger partial charge in [-0.25, -0.2) is 4.79 Å². The summed E-state index contributed by atoms with van der Waals surface area (Å²) in [4.78, 5) is 14.5. The molecule has 0 bridgehead atoms. The molecule has 2 heterocycles. The highest BCUT2D eigenvalue weighted by Gasteiger charge is 2.34.